The predicted molar refractivity (Wildman–Crippen MR) is 106 cm³/mol. The van der Waals surface area contributed by atoms with Crippen LogP contribution in [0.2, 0.25) is 0 Å². The molecule has 0 aromatic heterocycles. The van der Waals surface area contributed by atoms with Gasteiger partial charge in [0.2, 0.25) is 0 Å². The molecule has 2 aromatic carbocycles. The van der Waals surface area contributed by atoms with E-state index in [0.29, 0.717) is 19.8 Å². The van der Waals surface area contributed by atoms with Crippen molar-refractivity contribution in [1.29, 1.82) is 0 Å². The van der Waals surface area contributed by atoms with Crippen LogP contribution in [-0.2, 0) is 22.6 Å². The number of hydrogen-bond donors (Lipinski definition) is 2. The van der Waals surface area contributed by atoms with Crippen molar-refractivity contribution in [2.75, 3.05) is 26.3 Å². The van der Waals surface area contributed by atoms with Crippen molar-refractivity contribution in [3.05, 3.63) is 65.7 Å². The average Bonchev–Trinajstić information content (AvgIpc) is 2.68. The summed E-state index contributed by atoms with van der Waals surface area (Å²) in [5.74, 6) is 0.103. The van der Waals surface area contributed by atoms with E-state index in [2.05, 4.69) is 23.5 Å². The van der Waals surface area contributed by atoms with Gasteiger partial charge < -0.3 is 19.9 Å². The molecular weight excluding hydrogens is 342 g/mol. The number of nitrogens with one attached hydrogen (secondary N) is 1. The minimum Gasteiger partial charge on any atom is -0.494 e. The van der Waals surface area contributed by atoms with Crippen LogP contribution in [-0.4, -0.2) is 37.4 Å². The van der Waals surface area contributed by atoms with Crippen molar-refractivity contribution in [3.8, 4) is 5.75 Å². The van der Waals surface area contributed by atoms with E-state index >= 15 is 0 Å². The van der Waals surface area contributed by atoms with Gasteiger partial charge in [0.05, 0.1) is 19.6 Å². The highest BCUT2D eigenvalue weighted by Gasteiger charge is 2.00. The van der Waals surface area contributed by atoms with Gasteiger partial charge >= 0.3 is 5.97 Å². The van der Waals surface area contributed by atoms with E-state index in [1.54, 1.807) is 0 Å². The minimum atomic E-state index is -0.775. The first kappa shape index (κ1) is 20.9. The largest absolute Gasteiger partial charge is 0.494 e. The Morgan fingerprint density at radius 1 is 0.926 bits per heavy atom. The van der Waals surface area contributed by atoms with Crippen molar-refractivity contribution >= 4 is 5.97 Å². The Labute approximate surface area is 161 Å². The normalized spacial score (nSPS) is 10.7. The summed E-state index contributed by atoms with van der Waals surface area (Å²) >= 11 is 0. The summed E-state index contributed by atoms with van der Waals surface area (Å²) in [7, 11) is 0. The summed E-state index contributed by atoms with van der Waals surface area (Å²) in [6.45, 7) is 3.33. The smallest absolute Gasteiger partial charge is 0.304 e. The third-order valence-electron chi connectivity index (χ3n) is 4.07. The predicted octanol–water partition coefficient (Wildman–Crippen LogP) is 3.67. The molecular formula is C22H29NO4. The van der Waals surface area contributed by atoms with Gasteiger partial charge in [-0.15, -0.1) is 0 Å². The lowest BCUT2D eigenvalue weighted by molar-refractivity contribution is -0.136. The molecule has 0 saturated heterocycles. The first-order chi connectivity index (χ1) is 13.2. The molecule has 0 amide bonds. The fraction of sp³-hybridized carbons (Fsp3) is 0.409. The minimum absolute atomic E-state index is 0.151. The molecule has 0 aliphatic rings. The van der Waals surface area contributed by atoms with E-state index in [9.17, 15) is 4.79 Å². The maximum Gasteiger partial charge on any atom is 0.304 e. The van der Waals surface area contributed by atoms with Crippen LogP contribution in [0.3, 0.4) is 0 Å². The summed E-state index contributed by atoms with van der Waals surface area (Å²) in [6, 6.07) is 18.2. The van der Waals surface area contributed by atoms with Gasteiger partial charge in [-0.1, -0.05) is 42.5 Å². The average molecular weight is 371 g/mol. The van der Waals surface area contributed by atoms with E-state index in [4.69, 9.17) is 14.6 Å². The SMILES string of the molecule is O=C(O)CCNCCc1cccc(OCCCCOCc2ccccc2)c1. The topological polar surface area (TPSA) is 67.8 Å². The number of carboxylic acids is 1. The van der Waals surface area contributed by atoms with E-state index < -0.39 is 5.97 Å². The molecule has 146 valence electrons. The Morgan fingerprint density at radius 2 is 1.70 bits per heavy atom. The lowest BCUT2D eigenvalue weighted by atomic mass is 10.1. The Balaban J connectivity index is 1.53. The van der Waals surface area contributed by atoms with Gasteiger partial charge in [0.15, 0.2) is 0 Å². The third-order valence-corrected chi connectivity index (χ3v) is 4.07. The van der Waals surface area contributed by atoms with Crippen molar-refractivity contribution < 1.29 is 19.4 Å². The van der Waals surface area contributed by atoms with Crippen LogP contribution in [0.25, 0.3) is 0 Å². The summed E-state index contributed by atoms with van der Waals surface area (Å²) in [5.41, 5.74) is 2.38. The molecule has 0 bridgehead atoms. The van der Waals surface area contributed by atoms with Gasteiger partial charge in [0.1, 0.15) is 5.75 Å². The number of unbranched alkanes of at least 4 members (excludes halogenated alkanes) is 1. The van der Waals surface area contributed by atoms with E-state index in [0.717, 1.165) is 38.2 Å². The fourth-order valence-corrected chi connectivity index (χ4v) is 2.60. The maximum absolute atomic E-state index is 10.5. The van der Waals surface area contributed by atoms with Crippen LogP contribution in [0.1, 0.15) is 30.4 Å². The van der Waals surface area contributed by atoms with Crippen molar-refractivity contribution in [2.24, 2.45) is 0 Å². The molecule has 2 aromatic rings. The number of carbonyl (C=O) groups is 1. The van der Waals surface area contributed by atoms with Crippen LogP contribution < -0.4 is 10.1 Å². The van der Waals surface area contributed by atoms with Gasteiger partial charge in [-0.05, 0) is 49.1 Å². The van der Waals surface area contributed by atoms with Gasteiger partial charge in [-0.2, -0.15) is 0 Å². The Kier molecular flexibility index (Phi) is 10.0. The summed E-state index contributed by atoms with van der Waals surface area (Å²) in [6.07, 6.45) is 2.93. The zero-order valence-electron chi connectivity index (χ0n) is 15.7. The zero-order valence-corrected chi connectivity index (χ0v) is 15.7. The molecule has 27 heavy (non-hydrogen) atoms. The third kappa shape index (κ3) is 9.78. The Hall–Kier alpha value is -2.37. The van der Waals surface area contributed by atoms with Gasteiger partial charge in [0, 0.05) is 13.2 Å². The molecule has 0 radical (unpaired) electrons. The first-order valence-corrected chi connectivity index (χ1v) is 9.50. The van der Waals surface area contributed by atoms with Crippen LogP contribution in [0.15, 0.2) is 54.6 Å². The molecule has 0 atom stereocenters. The fourth-order valence-electron chi connectivity index (χ4n) is 2.60. The highest BCUT2D eigenvalue weighted by atomic mass is 16.5. The number of rotatable bonds is 14. The van der Waals surface area contributed by atoms with Gasteiger partial charge in [0.25, 0.3) is 0 Å². The molecule has 0 unspecified atom stereocenters. The summed E-state index contributed by atoms with van der Waals surface area (Å²) < 4.78 is 11.5. The second-order valence-corrected chi connectivity index (χ2v) is 6.38. The summed E-state index contributed by atoms with van der Waals surface area (Å²) in [5, 5.41) is 11.7. The molecule has 0 aliphatic heterocycles. The van der Waals surface area contributed by atoms with Crippen molar-refractivity contribution in [2.45, 2.75) is 32.3 Å². The molecule has 0 heterocycles. The molecule has 0 fully saturated rings. The van der Waals surface area contributed by atoms with Crippen molar-refractivity contribution in [1.82, 2.24) is 5.32 Å². The van der Waals surface area contributed by atoms with E-state index in [-0.39, 0.29) is 6.42 Å². The first-order valence-electron chi connectivity index (χ1n) is 9.50. The van der Waals surface area contributed by atoms with Crippen LogP contribution in [0.5, 0.6) is 5.75 Å². The highest BCUT2D eigenvalue weighted by Crippen LogP contribution is 2.14. The number of benzene rings is 2. The lowest BCUT2D eigenvalue weighted by Gasteiger charge is -2.09. The molecule has 5 nitrogen and oxygen atoms in total. The Bertz CT molecular complexity index is 660. The molecule has 5 heteroatoms. The quantitative estimate of drug-likeness (QED) is 0.496. The lowest BCUT2D eigenvalue weighted by Crippen LogP contribution is -2.20. The van der Waals surface area contributed by atoms with Crippen LogP contribution >= 0.6 is 0 Å². The van der Waals surface area contributed by atoms with Crippen LogP contribution in [0, 0.1) is 0 Å². The number of hydrogen-bond acceptors (Lipinski definition) is 4. The van der Waals surface area contributed by atoms with Gasteiger partial charge in [-0.3, -0.25) is 4.79 Å². The van der Waals surface area contributed by atoms with Crippen LogP contribution in [0.4, 0.5) is 0 Å². The summed E-state index contributed by atoms with van der Waals surface area (Å²) in [4.78, 5) is 10.5. The number of ether oxygens (including phenoxy) is 2. The monoisotopic (exact) mass is 371 g/mol. The molecule has 0 saturated carbocycles. The van der Waals surface area contributed by atoms with E-state index in [1.165, 1.54) is 11.1 Å². The zero-order chi connectivity index (χ0) is 19.2. The van der Waals surface area contributed by atoms with Crippen molar-refractivity contribution in [3.63, 3.8) is 0 Å². The number of aliphatic carboxylic acids is 1. The standard InChI is InChI=1S/C22H29NO4/c24-22(25)12-14-23-13-11-19-9-6-10-21(17-19)27-16-5-4-15-26-18-20-7-2-1-3-8-20/h1-3,6-10,17,23H,4-5,11-16,18H2,(H,24,25). The van der Waals surface area contributed by atoms with E-state index in [1.807, 2.05) is 36.4 Å². The molecule has 2 N–H and O–H groups in total. The second kappa shape index (κ2) is 12.9. The highest BCUT2D eigenvalue weighted by molar-refractivity contribution is 5.66. The number of carboxylic acid groups (broad SMARTS) is 1. The molecule has 0 spiro atoms. The Morgan fingerprint density at radius 3 is 2.52 bits per heavy atom. The second-order valence-electron chi connectivity index (χ2n) is 6.38. The van der Waals surface area contributed by atoms with Gasteiger partial charge in [-0.25, -0.2) is 0 Å². The maximum atomic E-state index is 10.5. The molecule has 0 aliphatic carbocycles. The molecule has 2 rings (SSSR count).